The molecule has 1 aromatic heterocycles. The molecule has 0 saturated heterocycles. The standard InChI is InChI=1S/C25H30N2O2/c1-16-14-18(3)22(19(4)15-16)10-13-29-25(28)27-12-11-26-24(27)21(6)23-9-7-8-17(2)20(23)5/h7-9,11-12,14-15,21H,10,13H2,1-6H3/t21-/m0/s1. The fourth-order valence-corrected chi connectivity index (χ4v) is 4.09. The SMILES string of the molecule is Cc1cc(C)c(CCOC(=O)n2ccnc2[C@@H](C)c2cccc(C)c2C)c(C)c1. The third-order valence-corrected chi connectivity index (χ3v) is 5.78. The van der Waals surface area contributed by atoms with Crippen LogP contribution in [0.2, 0.25) is 0 Å². The highest BCUT2D eigenvalue weighted by atomic mass is 16.5. The molecule has 152 valence electrons. The largest absolute Gasteiger partial charge is 0.449 e. The van der Waals surface area contributed by atoms with Crippen LogP contribution in [0, 0.1) is 34.6 Å². The number of ether oxygens (including phenoxy) is 1. The summed E-state index contributed by atoms with van der Waals surface area (Å²) in [7, 11) is 0. The topological polar surface area (TPSA) is 44.1 Å². The first kappa shape index (κ1) is 20.8. The molecule has 3 rings (SSSR count). The zero-order valence-corrected chi connectivity index (χ0v) is 18.2. The van der Waals surface area contributed by atoms with Crippen molar-refractivity contribution < 1.29 is 9.53 Å². The van der Waals surface area contributed by atoms with E-state index >= 15 is 0 Å². The Labute approximate surface area is 173 Å². The van der Waals surface area contributed by atoms with E-state index in [4.69, 9.17) is 4.74 Å². The molecule has 0 bridgehead atoms. The monoisotopic (exact) mass is 390 g/mol. The van der Waals surface area contributed by atoms with Crippen LogP contribution in [0.4, 0.5) is 4.79 Å². The summed E-state index contributed by atoms with van der Waals surface area (Å²) in [4.78, 5) is 17.2. The second-order valence-electron chi connectivity index (χ2n) is 7.91. The predicted molar refractivity (Wildman–Crippen MR) is 117 cm³/mol. The van der Waals surface area contributed by atoms with Crippen LogP contribution in [-0.4, -0.2) is 22.3 Å². The number of carbonyl (C=O) groups is 1. The fraction of sp³-hybridized carbons (Fsp3) is 0.360. The van der Waals surface area contributed by atoms with Crippen molar-refractivity contribution in [3.05, 3.63) is 87.5 Å². The van der Waals surface area contributed by atoms with E-state index in [1.807, 2.05) is 6.07 Å². The molecule has 0 aliphatic heterocycles. The maximum absolute atomic E-state index is 12.7. The van der Waals surface area contributed by atoms with Gasteiger partial charge in [-0.2, -0.15) is 0 Å². The second kappa shape index (κ2) is 8.64. The van der Waals surface area contributed by atoms with Gasteiger partial charge in [0.05, 0.1) is 6.61 Å². The first-order chi connectivity index (χ1) is 13.8. The van der Waals surface area contributed by atoms with Crippen LogP contribution in [0.3, 0.4) is 0 Å². The van der Waals surface area contributed by atoms with E-state index in [1.165, 1.54) is 43.5 Å². The van der Waals surface area contributed by atoms with Gasteiger partial charge in [0.25, 0.3) is 0 Å². The molecule has 0 spiro atoms. The molecule has 0 aliphatic carbocycles. The smallest absolute Gasteiger partial charge is 0.419 e. The lowest BCUT2D eigenvalue weighted by Crippen LogP contribution is -2.19. The molecule has 4 nitrogen and oxygen atoms in total. The molecule has 29 heavy (non-hydrogen) atoms. The van der Waals surface area contributed by atoms with E-state index in [1.54, 1.807) is 12.4 Å². The molecule has 0 aliphatic rings. The van der Waals surface area contributed by atoms with Crippen LogP contribution in [0.25, 0.3) is 0 Å². The Morgan fingerprint density at radius 1 is 1.07 bits per heavy atom. The Kier molecular flexibility index (Phi) is 6.21. The molecular formula is C25H30N2O2. The zero-order valence-electron chi connectivity index (χ0n) is 18.2. The highest BCUT2D eigenvalue weighted by molar-refractivity contribution is 5.71. The van der Waals surface area contributed by atoms with Crippen molar-refractivity contribution in [3.63, 3.8) is 0 Å². The van der Waals surface area contributed by atoms with E-state index in [0.717, 1.165) is 0 Å². The van der Waals surface area contributed by atoms with E-state index in [0.29, 0.717) is 18.9 Å². The van der Waals surface area contributed by atoms with Crippen molar-refractivity contribution >= 4 is 6.09 Å². The van der Waals surface area contributed by atoms with Crippen molar-refractivity contribution in [1.82, 2.24) is 9.55 Å². The molecule has 0 N–H and O–H groups in total. The van der Waals surface area contributed by atoms with Gasteiger partial charge in [0.15, 0.2) is 0 Å². The van der Waals surface area contributed by atoms with Crippen LogP contribution in [0.1, 0.15) is 57.6 Å². The number of rotatable bonds is 5. The minimum Gasteiger partial charge on any atom is -0.449 e. The van der Waals surface area contributed by atoms with Crippen molar-refractivity contribution in [2.45, 2.75) is 53.9 Å². The van der Waals surface area contributed by atoms with Crippen LogP contribution in [-0.2, 0) is 11.2 Å². The van der Waals surface area contributed by atoms with E-state index in [-0.39, 0.29) is 12.0 Å². The minimum absolute atomic E-state index is 0.000891. The number of imidazole rings is 1. The van der Waals surface area contributed by atoms with E-state index in [2.05, 4.69) is 70.8 Å². The molecule has 1 heterocycles. The predicted octanol–water partition coefficient (Wildman–Crippen LogP) is 5.80. The van der Waals surface area contributed by atoms with Crippen molar-refractivity contribution in [3.8, 4) is 0 Å². The molecule has 0 fully saturated rings. The van der Waals surface area contributed by atoms with Gasteiger partial charge in [-0.25, -0.2) is 14.3 Å². The van der Waals surface area contributed by atoms with Crippen LogP contribution >= 0.6 is 0 Å². The first-order valence-electron chi connectivity index (χ1n) is 10.1. The van der Waals surface area contributed by atoms with Gasteiger partial charge in [0.2, 0.25) is 0 Å². The third kappa shape index (κ3) is 4.42. The van der Waals surface area contributed by atoms with Gasteiger partial charge in [-0.05, 0) is 68.0 Å². The Bertz CT molecular complexity index is 1010. The fourth-order valence-electron chi connectivity index (χ4n) is 4.09. The summed E-state index contributed by atoms with van der Waals surface area (Å²) < 4.78 is 7.12. The average molecular weight is 391 g/mol. The summed E-state index contributed by atoms with van der Waals surface area (Å²) in [5.74, 6) is 0.699. The highest BCUT2D eigenvalue weighted by Gasteiger charge is 2.20. The maximum Gasteiger partial charge on any atom is 0.419 e. The normalized spacial score (nSPS) is 12.1. The summed E-state index contributed by atoms with van der Waals surface area (Å²) in [6, 6.07) is 10.6. The lowest BCUT2D eigenvalue weighted by molar-refractivity contribution is 0.148. The second-order valence-corrected chi connectivity index (χ2v) is 7.91. The molecule has 0 amide bonds. The van der Waals surface area contributed by atoms with Gasteiger partial charge >= 0.3 is 6.09 Å². The minimum atomic E-state index is -0.378. The third-order valence-electron chi connectivity index (χ3n) is 5.78. The van der Waals surface area contributed by atoms with Crippen LogP contribution in [0.15, 0.2) is 42.7 Å². The number of benzene rings is 2. The van der Waals surface area contributed by atoms with Gasteiger partial charge in [-0.1, -0.05) is 42.8 Å². The molecule has 1 atom stereocenters. The van der Waals surface area contributed by atoms with Gasteiger partial charge in [-0.3, -0.25) is 0 Å². The molecular weight excluding hydrogens is 360 g/mol. The molecule has 0 saturated carbocycles. The molecule has 2 aromatic carbocycles. The molecule has 3 aromatic rings. The average Bonchev–Trinajstić information content (AvgIpc) is 3.15. The Hall–Kier alpha value is -2.88. The van der Waals surface area contributed by atoms with Gasteiger partial charge in [-0.15, -0.1) is 0 Å². The molecule has 0 radical (unpaired) electrons. The van der Waals surface area contributed by atoms with Gasteiger partial charge in [0.1, 0.15) is 5.82 Å². The quantitative estimate of drug-likeness (QED) is 0.553. The van der Waals surface area contributed by atoms with Gasteiger partial charge < -0.3 is 4.74 Å². The lowest BCUT2D eigenvalue weighted by Gasteiger charge is -2.17. The summed E-state index contributed by atoms with van der Waals surface area (Å²) in [6.07, 6.45) is 3.67. The van der Waals surface area contributed by atoms with Crippen molar-refractivity contribution in [2.24, 2.45) is 0 Å². The number of nitrogens with zero attached hydrogens (tertiary/aromatic N) is 2. The zero-order chi connectivity index (χ0) is 21.1. The van der Waals surface area contributed by atoms with Crippen molar-refractivity contribution in [1.29, 1.82) is 0 Å². The summed E-state index contributed by atoms with van der Waals surface area (Å²) in [5, 5.41) is 0. The molecule has 4 heteroatoms. The number of hydrogen-bond donors (Lipinski definition) is 0. The maximum atomic E-state index is 12.7. The van der Waals surface area contributed by atoms with E-state index in [9.17, 15) is 4.79 Å². The number of hydrogen-bond acceptors (Lipinski definition) is 3. The summed E-state index contributed by atoms with van der Waals surface area (Å²) in [6.45, 7) is 12.9. The molecule has 0 unspecified atom stereocenters. The van der Waals surface area contributed by atoms with E-state index < -0.39 is 0 Å². The first-order valence-corrected chi connectivity index (χ1v) is 10.1. The number of carbonyl (C=O) groups excluding carboxylic acids is 1. The summed E-state index contributed by atoms with van der Waals surface area (Å²) in [5.41, 5.74) is 8.63. The lowest BCUT2D eigenvalue weighted by atomic mass is 9.93. The summed E-state index contributed by atoms with van der Waals surface area (Å²) >= 11 is 0. The van der Waals surface area contributed by atoms with Crippen LogP contribution < -0.4 is 0 Å². The number of aromatic nitrogens is 2. The van der Waals surface area contributed by atoms with Crippen molar-refractivity contribution in [2.75, 3.05) is 6.61 Å². The Morgan fingerprint density at radius 2 is 1.76 bits per heavy atom. The van der Waals surface area contributed by atoms with Gasteiger partial charge in [0, 0.05) is 24.7 Å². The Morgan fingerprint density at radius 3 is 2.45 bits per heavy atom. The Balaban J connectivity index is 1.72. The van der Waals surface area contributed by atoms with Crippen LogP contribution in [0.5, 0.6) is 0 Å². The number of aryl methyl sites for hydroxylation is 4. The highest BCUT2D eigenvalue weighted by Crippen LogP contribution is 2.27.